The molecule has 0 spiro atoms. The molecule has 1 aromatic rings. The molecule has 0 saturated carbocycles. The number of carboxylic acid groups (broad SMARTS) is 2. The molecule has 1 rings (SSSR count). The summed E-state index contributed by atoms with van der Waals surface area (Å²) in [5.41, 5.74) is 0.00824. The molecule has 0 aliphatic heterocycles. The number of carboxylic acids is 2. The Morgan fingerprint density at radius 3 is 1.58 bits per heavy atom. The van der Waals surface area contributed by atoms with Crippen LogP contribution in [0.25, 0.3) is 0 Å². The molecule has 0 aromatic heterocycles. The summed E-state index contributed by atoms with van der Waals surface area (Å²) >= 11 is 0. The van der Waals surface area contributed by atoms with Crippen molar-refractivity contribution in [3.63, 3.8) is 0 Å². The first-order valence-corrected chi connectivity index (χ1v) is 7.66. The van der Waals surface area contributed by atoms with Crippen LogP contribution in [0.15, 0.2) is 12.1 Å². The van der Waals surface area contributed by atoms with E-state index in [0.29, 0.717) is 5.56 Å². The average molecular weight is 374 g/mol. The van der Waals surface area contributed by atoms with Crippen molar-refractivity contribution in [2.75, 3.05) is 40.0 Å². The first kappa shape index (κ1) is 22.0. The third-order valence-corrected chi connectivity index (χ3v) is 3.21. The third-order valence-electron chi connectivity index (χ3n) is 3.21. The van der Waals surface area contributed by atoms with E-state index in [-0.39, 0.29) is 56.3 Å². The number of hydrogen-bond acceptors (Lipinski definition) is 8. The van der Waals surface area contributed by atoms with E-state index in [4.69, 9.17) is 19.7 Å². The maximum Gasteiger partial charge on any atom is 0.336 e. The van der Waals surface area contributed by atoms with Gasteiger partial charge in [0.05, 0.1) is 50.8 Å². The molecule has 0 atom stereocenters. The normalized spacial score (nSPS) is 10.8. The fourth-order valence-electron chi connectivity index (χ4n) is 2.08. The second kappa shape index (κ2) is 12.3. The predicted octanol–water partition coefficient (Wildman–Crippen LogP) is 0.0490. The summed E-state index contributed by atoms with van der Waals surface area (Å²) in [6.45, 7) is -0.700. The van der Waals surface area contributed by atoms with Crippen LogP contribution >= 0.6 is 0 Å². The van der Waals surface area contributed by atoms with Crippen LogP contribution in [0, 0.1) is 0 Å². The topological polar surface area (TPSA) is 152 Å². The van der Waals surface area contributed by atoms with E-state index in [0.717, 1.165) is 0 Å². The molecule has 26 heavy (non-hydrogen) atoms. The smallest absolute Gasteiger partial charge is 0.336 e. The molecule has 4 N–H and O–H groups in total. The van der Waals surface area contributed by atoms with Crippen LogP contribution in [0.4, 0.5) is 0 Å². The van der Waals surface area contributed by atoms with Gasteiger partial charge in [-0.25, -0.2) is 9.59 Å². The van der Waals surface area contributed by atoms with Gasteiger partial charge in [0.25, 0.3) is 0 Å². The standard InChI is InChI=1S/C16H22O10/c17-9-25-3-1-23-7-11-5-12(15(19)20)14(13(6-11)16(21)22)8-24-2-4-26-10-18/h5-6,17-18H,1-4,7-10H2,(H,19,20)(H,21,22). The van der Waals surface area contributed by atoms with Crippen molar-refractivity contribution in [1.82, 2.24) is 0 Å². The van der Waals surface area contributed by atoms with Gasteiger partial charge < -0.3 is 39.4 Å². The number of aliphatic hydroxyl groups is 2. The van der Waals surface area contributed by atoms with Crippen LogP contribution in [-0.4, -0.2) is 72.4 Å². The maximum atomic E-state index is 11.5. The van der Waals surface area contributed by atoms with Gasteiger partial charge in [-0.05, 0) is 17.7 Å². The van der Waals surface area contributed by atoms with Gasteiger partial charge in [0, 0.05) is 5.56 Å². The molecule has 0 aliphatic rings. The van der Waals surface area contributed by atoms with Crippen molar-refractivity contribution < 1.29 is 49.0 Å². The van der Waals surface area contributed by atoms with Gasteiger partial charge in [-0.1, -0.05) is 0 Å². The van der Waals surface area contributed by atoms with E-state index in [9.17, 15) is 19.8 Å². The van der Waals surface area contributed by atoms with Crippen LogP contribution in [0.2, 0.25) is 0 Å². The monoisotopic (exact) mass is 374 g/mol. The highest BCUT2D eigenvalue weighted by Gasteiger charge is 2.20. The van der Waals surface area contributed by atoms with Crippen LogP contribution < -0.4 is 0 Å². The van der Waals surface area contributed by atoms with Crippen molar-refractivity contribution in [1.29, 1.82) is 0 Å². The minimum atomic E-state index is -1.29. The van der Waals surface area contributed by atoms with Crippen molar-refractivity contribution in [2.24, 2.45) is 0 Å². The molecule has 0 fully saturated rings. The highest BCUT2D eigenvalue weighted by molar-refractivity contribution is 5.97. The average Bonchev–Trinajstić information content (AvgIpc) is 2.61. The zero-order chi connectivity index (χ0) is 19.4. The quantitative estimate of drug-likeness (QED) is 0.259. The Bertz CT molecular complexity index is 551. The van der Waals surface area contributed by atoms with Crippen LogP contribution in [0.3, 0.4) is 0 Å². The Labute approximate surface area is 149 Å². The Hall–Kier alpha value is -2.08. The van der Waals surface area contributed by atoms with Gasteiger partial charge in [0.1, 0.15) is 13.6 Å². The van der Waals surface area contributed by atoms with E-state index < -0.39 is 25.5 Å². The Morgan fingerprint density at radius 2 is 1.15 bits per heavy atom. The molecule has 10 nitrogen and oxygen atoms in total. The zero-order valence-corrected chi connectivity index (χ0v) is 14.0. The largest absolute Gasteiger partial charge is 0.478 e. The molecule has 146 valence electrons. The van der Waals surface area contributed by atoms with E-state index in [1.165, 1.54) is 12.1 Å². The summed E-state index contributed by atoms with van der Waals surface area (Å²) in [5, 5.41) is 35.8. The summed E-state index contributed by atoms with van der Waals surface area (Å²) in [6.07, 6.45) is 0. The molecule has 0 radical (unpaired) electrons. The lowest BCUT2D eigenvalue weighted by molar-refractivity contribution is -0.0323. The minimum absolute atomic E-state index is 0.0131. The fourth-order valence-corrected chi connectivity index (χ4v) is 2.08. The van der Waals surface area contributed by atoms with Crippen molar-refractivity contribution in [2.45, 2.75) is 13.2 Å². The molecule has 10 heteroatoms. The molecule has 0 amide bonds. The summed E-state index contributed by atoms with van der Waals surface area (Å²) in [6, 6.07) is 2.65. The summed E-state index contributed by atoms with van der Waals surface area (Å²) in [4.78, 5) is 23.0. The van der Waals surface area contributed by atoms with Gasteiger partial charge in [-0.3, -0.25) is 0 Å². The number of aromatic carboxylic acids is 2. The van der Waals surface area contributed by atoms with Crippen LogP contribution in [0.5, 0.6) is 0 Å². The molecule has 0 saturated heterocycles. The fraction of sp³-hybridized carbons (Fsp3) is 0.500. The van der Waals surface area contributed by atoms with Crippen LogP contribution in [0.1, 0.15) is 31.8 Å². The lowest BCUT2D eigenvalue weighted by atomic mass is 9.98. The molecule has 1 aromatic carbocycles. The number of rotatable bonds is 14. The number of hydrogen-bond donors (Lipinski definition) is 4. The second-order valence-electron chi connectivity index (χ2n) is 4.96. The van der Waals surface area contributed by atoms with Crippen molar-refractivity contribution in [3.8, 4) is 0 Å². The molecule has 0 aliphatic carbocycles. The number of ether oxygens (including phenoxy) is 4. The predicted molar refractivity (Wildman–Crippen MR) is 85.7 cm³/mol. The zero-order valence-electron chi connectivity index (χ0n) is 14.0. The van der Waals surface area contributed by atoms with Gasteiger partial charge in [0.15, 0.2) is 0 Å². The highest BCUT2D eigenvalue weighted by Crippen LogP contribution is 2.20. The van der Waals surface area contributed by atoms with E-state index in [1.54, 1.807) is 0 Å². The molecular weight excluding hydrogens is 352 g/mol. The first-order valence-electron chi connectivity index (χ1n) is 7.66. The Balaban J connectivity index is 2.89. The van der Waals surface area contributed by atoms with Gasteiger partial charge in [-0.15, -0.1) is 0 Å². The number of aliphatic hydroxyl groups excluding tert-OH is 2. The SMILES string of the molecule is O=C(O)c1cc(COCCOCO)cc(C(=O)O)c1COCCOCO. The molecular formula is C16H22O10. The van der Waals surface area contributed by atoms with Gasteiger partial charge >= 0.3 is 11.9 Å². The van der Waals surface area contributed by atoms with Gasteiger partial charge in [-0.2, -0.15) is 0 Å². The lowest BCUT2D eigenvalue weighted by Gasteiger charge is -2.14. The number of carbonyl (C=O) groups is 2. The number of benzene rings is 1. The highest BCUT2D eigenvalue weighted by atomic mass is 16.6. The summed E-state index contributed by atoms with van der Waals surface area (Å²) in [5.74, 6) is -2.58. The van der Waals surface area contributed by atoms with Crippen molar-refractivity contribution in [3.05, 3.63) is 34.4 Å². The van der Waals surface area contributed by atoms with E-state index in [1.807, 2.05) is 0 Å². The van der Waals surface area contributed by atoms with Crippen molar-refractivity contribution >= 4 is 11.9 Å². The molecule has 0 heterocycles. The Morgan fingerprint density at radius 1 is 0.731 bits per heavy atom. The molecule has 0 bridgehead atoms. The maximum absolute atomic E-state index is 11.5. The minimum Gasteiger partial charge on any atom is -0.478 e. The third kappa shape index (κ3) is 7.44. The molecule has 0 unspecified atom stereocenters. The second-order valence-corrected chi connectivity index (χ2v) is 4.96. The van der Waals surface area contributed by atoms with E-state index in [2.05, 4.69) is 9.47 Å². The Kier molecular flexibility index (Phi) is 10.4. The lowest BCUT2D eigenvalue weighted by Crippen LogP contribution is -2.14. The van der Waals surface area contributed by atoms with Gasteiger partial charge in [0.2, 0.25) is 0 Å². The van der Waals surface area contributed by atoms with Crippen LogP contribution in [-0.2, 0) is 32.2 Å². The van der Waals surface area contributed by atoms with E-state index >= 15 is 0 Å². The first-order chi connectivity index (χ1) is 12.5. The summed E-state index contributed by atoms with van der Waals surface area (Å²) < 4.78 is 19.9. The summed E-state index contributed by atoms with van der Waals surface area (Å²) in [7, 11) is 0.